The SMILES string of the molecule is CSc1cccc(C(F)(F)F)c1S(=O)(=O)OCO[PH2]=O. The maximum atomic E-state index is 12.9. The molecule has 20 heavy (non-hydrogen) atoms. The van der Waals surface area contributed by atoms with Gasteiger partial charge in [-0.3, -0.25) is 4.57 Å². The fourth-order valence-corrected chi connectivity index (χ4v) is 3.69. The van der Waals surface area contributed by atoms with Gasteiger partial charge in [0.15, 0.2) is 15.5 Å². The van der Waals surface area contributed by atoms with Crippen molar-refractivity contribution in [2.24, 2.45) is 0 Å². The average molecular weight is 350 g/mol. The quantitative estimate of drug-likeness (QED) is 0.258. The van der Waals surface area contributed by atoms with E-state index in [0.717, 1.165) is 17.8 Å². The van der Waals surface area contributed by atoms with Crippen LogP contribution in [0, 0.1) is 0 Å². The van der Waals surface area contributed by atoms with E-state index in [1.54, 1.807) is 0 Å². The predicted octanol–water partition coefficient (Wildman–Crippen LogP) is 2.78. The van der Waals surface area contributed by atoms with Gasteiger partial charge in [-0.2, -0.15) is 21.6 Å². The molecule has 0 bridgehead atoms. The van der Waals surface area contributed by atoms with E-state index < -0.39 is 42.2 Å². The van der Waals surface area contributed by atoms with Crippen LogP contribution in [0.4, 0.5) is 13.2 Å². The summed E-state index contributed by atoms with van der Waals surface area (Å²) in [5.41, 5.74) is -1.32. The molecule has 0 N–H and O–H groups in total. The summed E-state index contributed by atoms with van der Waals surface area (Å²) in [6, 6.07) is 2.98. The van der Waals surface area contributed by atoms with E-state index in [9.17, 15) is 26.2 Å². The lowest BCUT2D eigenvalue weighted by molar-refractivity contribution is -0.140. The minimum absolute atomic E-state index is 0.103. The highest BCUT2D eigenvalue weighted by atomic mass is 32.2. The smallest absolute Gasteiger partial charge is 0.304 e. The second-order valence-electron chi connectivity index (χ2n) is 3.29. The summed E-state index contributed by atoms with van der Waals surface area (Å²) in [7, 11) is -6.40. The van der Waals surface area contributed by atoms with Crippen LogP contribution < -0.4 is 0 Å². The van der Waals surface area contributed by atoms with Crippen molar-refractivity contribution in [3.8, 4) is 0 Å². The van der Waals surface area contributed by atoms with Crippen LogP contribution >= 0.6 is 20.4 Å². The zero-order valence-corrected chi connectivity index (χ0v) is 12.8. The van der Waals surface area contributed by atoms with Gasteiger partial charge in [0.25, 0.3) is 0 Å². The van der Waals surface area contributed by atoms with Gasteiger partial charge in [-0.25, -0.2) is 4.18 Å². The Hall–Kier alpha value is -0.540. The van der Waals surface area contributed by atoms with Gasteiger partial charge in [0.2, 0.25) is 0 Å². The molecule has 0 heterocycles. The molecule has 1 atom stereocenters. The zero-order chi connectivity index (χ0) is 15.4. The molecule has 0 saturated carbocycles. The van der Waals surface area contributed by atoms with Crippen molar-refractivity contribution in [1.29, 1.82) is 0 Å². The second kappa shape index (κ2) is 6.95. The van der Waals surface area contributed by atoms with Gasteiger partial charge in [-0.15, -0.1) is 11.8 Å². The predicted molar refractivity (Wildman–Crippen MR) is 67.8 cm³/mol. The molecule has 0 aliphatic carbocycles. The molecule has 0 fully saturated rings. The normalized spacial score (nSPS) is 13.2. The fraction of sp³-hybridized carbons (Fsp3) is 0.333. The first-order valence-electron chi connectivity index (χ1n) is 4.93. The Labute approximate surface area is 118 Å². The first-order chi connectivity index (χ1) is 9.24. The monoisotopic (exact) mass is 350 g/mol. The van der Waals surface area contributed by atoms with Crippen LogP contribution in [-0.4, -0.2) is 21.5 Å². The summed E-state index contributed by atoms with van der Waals surface area (Å²) in [5, 5.41) is 0. The Balaban J connectivity index is 3.37. The summed E-state index contributed by atoms with van der Waals surface area (Å²) in [5.74, 6) is 0. The van der Waals surface area contributed by atoms with Crippen LogP contribution in [0.3, 0.4) is 0 Å². The number of hydrogen-bond donors (Lipinski definition) is 0. The number of rotatable bonds is 6. The van der Waals surface area contributed by atoms with Gasteiger partial charge in [0.05, 0.1) is 5.56 Å². The highest BCUT2D eigenvalue weighted by Gasteiger charge is 2.39. The number of halogens is 3. The molecular formula is C9H10F3O5PS2. The number of benzene rings is 1. The summed E-state index contributed by atoms with van der Waals surface area (Å²) in [4.78, 5) is -1.07. The van der Waals surface area contributed by atoms with Crippen molar-refractivity contribution in [3.05, 3.63) is 23.8 Å². The number of thioether (sulfide) groups is 1. The van der Waals surface area contributed by atoms with Crippen LogP contribution in [0.15, 0.2) is 28.0 Å². The van der Waals surface area contributed by atoms with E-state index in [4.69, 9.17) is 0 Å². The molecule has 1 unspecified atom stereocenters. The summed E-state index contributed by atoms with van der Waals surface area (Å²) >= 11 is 0.835. The molecule has 0 saturated heterocycles. The van der Waals surface area contributed by atoms with Crippen molar-refractivity contribution in [2.45, 2.75) is 16.0 Å². The largest absolute Gasteiger partial charge is 0.417 e. The van der Waals surface area contributed by atoms with E-state index >= 15 is 0 Å². The summed E-state index contributed by atoms with van der Waals surface area (Å²) in [6.07, 6.45) is -3.41. The zero-order valence-electron chi connectivity index (χ0n) is 10.0. The summed E-state index contributed by atoms with van der Waals surface area (Å²) < 4.78 is 80.9. The van der Waals surface area contributed by atoms with E-state index in [0.29, 0.717) is 6.07 Å². The van der Waals surface area contributed by atoms with Crippen molar-refractivity contribution in [3.63, 3.8) is 0 Å². The first kappa shape index (κ1) is 17.5. The van der Waals surface area contributed by atoms with E-state index in [-0.39, 0.29) is 4.90 Å². The lowest BCUT2D eigenvalue weighted by Crippen LogP contribution is -2.16. The highest BCUT2D eigenvalue weighted by molar-refractivity contribution is 7.99. The molecule has 1 rings (SSSR count). The van der Waals surface area contributed by atoms with Crippen LogP contribution in [0.5, 0.6) is 0 Å². The van der Waals surface area contributed by atoms with Crippen LogP contribution in [-0.2, 0) is 29.6 Å². The Morgan fingerprint density at radius 2 is 2.00 bits per heavy atom. The fourth-order valence-electron chi connectivity index (χ4n) is 1.34. The van der Waals surface area contributed by atoms with E-state index in [1.165, 1.54) is 12.3 Å². The molecule has 0 aromatic heterocycles. The van der Waals surface area contributed by atoms with Gasteiger partial charge < -0.3 is 4.52 Å². The summed E-state index contributed by atoms with van der Waals surface area (Å²) in [6.45, 7) is -0.902. The molecule has 0 spiro atoms. The van der Waals surface area contributed by atoms with Crippen molar-refractivity contribution < 1.29 is 34.9 Å². The molecule has 0 amide bonds. The van der Waals surface area contributed by atoms with E-state index in [1.807, 2.05) is 0 Å². The lowest BCUT2D eigenvalue weighted by atomic mass is 10.2. The van der Waals surface area contributed by atoms with Crippen LogP contribution in [0.25, 0.3) is 0 Å². The maximum Gasteiger partial charge on any atom is 0.417 e. The van der Waals surface area contributed by atoms with Gasteiger partial charge in [0, 0.05) is 4.90 Å². The first-order valence-corrected chi connectivity index (χ1v) is 8.50. The highest BCUT2D eigenvalue weighted by Crippen LogP contribution is 2.39. The van der Waals surface area contributed by atoms with Gasteiger partial charge in [0.1, 0.15) is 4.90 Å². The average Bonchev–Trinajstić information content (AvgIpc) is 2.37. The van der Waals surface area contributed by atoms with Gasteiger partial charge in [-0.1, -0.05) is 6.07 Å². The van der Waals surface area contributed by atoms with Crippen LogP contribution in [0.2, 0.25) is 0 Å². The second-order valence-corrected chi connectivity index (χ2v) is 6.21. The maximum absolute atomic E-state index is 12.9. The molecule has 1 aromatic carbocycles. The van der Waals surface area contributed by atoms with Crippen molar-refractivity contribution in [2.75, 3.05) is 13.0 Å². The van der Waals surface area contributed by atoms with Crippen LogP contribution in [0.1, 0.15) is 5.56 Å². The van der Waals surface area contributed by atoms with E-state index in [2.05, 4.69) is 8.71 Å². The van der Waals surface area contributed by atoms with Gasteiger partial charge in [-0.05, 0) is 18.4 Å². The molecule has 11 heteroatoms. The number of hydrogen-bond acceptors (Lipinski definition) is 6. The minimum Gasteiger partial charge on any atom is -0.304 e. The molecule has 1 aromatic rings. The third kappa shape index (κ3) is 4.23. The lowest BCUT2D eigenvalue weighted by Gasteiger charge is -2.15. The Kier molecular flexibility index (Phi) is 6.08. The molecular weight excluding hydrogens is 340 g/mol. The Morgan fingerprint density at radius 1 is 1.35 bits per heavy atom. The molecule has 5 nitrogen and oxygen atoms in total. The van der Waals surface area contributed by atoms with Gasteiger partial charge >= 0.3 is 16.3 Å². The third-order valence-electron chi connectivity index (χ3n) is 2.09. The Morgan fingerprint density at radius 3 is 2.50 bits per heavy atom. The standard InChI is InChI=1S/C9H10F3O5PS2/c1-19-7-4-2-3-6(9(10,11)12)8(7)20(14,15)17-5-16-18-13/h2-4H,5,18H2,1H3. The topological polar surface area (TPSA) is 69.7 Å². The Bertz CT molecular complexity index is 588. The van der Waals surface area contributed by atoms with Crippen molar-refractivity contribution in [1.82, 2.24) is 0 Å². The molecule has 0 radical (unpaired) electrons. The molecule has 0 aliphatic heterocycles. The third-order valence-corrected chi connectivity index (χ3v) is 4.62. The number of alkyl halides is 3. The van der Waals surface area contributed by atoms with Crippen molar-refractivity contribution >= 4 is 30.6 Å². The molecule has 0 aliphatic rings. The minimum atomic E-state index is -4.85. The molecule has 114 valence electrons.